The number of rotatable bonds is 6. The van der Waals surface area contributed by atoms with Crippen LogP contribution in [0.25, 0.3) is 10.9 Å². The van der Waals surface area contributed by atoms with Crippen molar-refractivity contribution in [2.45, 2.75) is 25.7 Å². The highest BCUT2D eigenvalue weighted by molar-refractivity contribution is 9.10. The first-order chi connectivity index (χ1) is 12.5. The lowest BCUT2D eigenvalue weighted by Gasteiger charge is -2.14. The highest BCUT2D eigenvalue weighted by Crippen LogP contribution is 2.34. The number of fused-ring (bicyclic) bond motifs is 1. The molecular formula is C19H19BrFN3OS. The van der Waals surface area contributed by atoms with E-state index in [0.717, 1.165) is 21.1 Å². The fourth-order valence-corrected chi connectivity index (χ4v) is 3.45. The summed E-state index contributed by atoms with van der Waals surface area (Å²) in [6, 6.07) is 8.78. The molecule has 4 nitrogen and oxygen atoms in total. The summed E-state index contributed by atoms with van der Waals surface area (Å²) in [5.41, 5.74) is 2.11. The van der Waals surface area contributed by atoms with Crippen LogP contribution in [0.2, 0.25) is 0 Å². The summed E-state index contributed by atoms with van der Waals surface area (Å²) >= 11 is 5.10. The molecule has 2 aromatic carbocycles. The molecule has 0 aliphatic carbocycles. The monoisotopic (exact) mass is 435 g/mol. The number of halogens is 2. The molecule has 1 aromatic heterocycles. The van der Waals surface area contributed by atoms with E-state index in [1.165, 1.54) is 6.07 Å². The summed E-state index contributed by atoms with van der Waals surface area (Å²) in [5.74, 6) is 1.52. The second-order valence-corrected chi connectivity index (χ2v) is 7.76. The fraction of sp³-hybridized carbons (Fsp3) is 0.263. The van der Waals surface area contributed by atoms with Gasteiger partial charge in [-0.25, -0.2) is 14.4 Å². The van der Waals surface area contributed by atoms with E-state index < -0.39 is 0 Å². The molecule has 1 N–H and O–H groups in total. The Hall–Kier alpha value is -1.86. The van der Waals surface area contributed by atoms with Gasteiger partial charge in [-0.3, -0.25) is 0 Å². The Labute approximate surface area is 164 Å². The van der Waals surface area contributed by atoms with Crippen LogP contribution in [0.5, 0.6) is 5.75 Å². The van der Waals surface area contributed by atoms with Gasteiger partial charge >= 0.3 is 0 Å². The van der Waals surface area contributed by atoms with Gasteiger partial charge in [0, 0.05) is 23.0 Å². The number of hydrogen-bond acceptors (Lipinski definition) is 5. The third-order valence-electron chi connectivity index (χ3n) is 3.61. The molecule has 0 radical (unpaired) electrons. The molecule has 0 aliphatic heterocycles. The van der Waals surface area contributed by atoms with E-state index in [1.807, 2.05) is 32.2 Å². The molecule has 0 atom stereocenters. The second-order valence-electron chi connectivity index (χ2n) is 6.04. The largest absolute Gasteiger partial charge is 0.488 e. The van der Waals surface area contributed by atoms with Crippen LogP contribution in [0.3, 0.4) is 0 Å². The van der Waals surface area contributed by atoms with Crippen LogP contribution in [-0.2, 0) is 5.75 Å². The van der Waals surface area contributed by atoms with Gasteiger partial charge < -0.3 is 10.1 Å². The fourth-order valence-electron chi connectivity index (χ4n) is 2.50. The first-order valence-corrected chi connectivity index (χ1v) is 10.3. The van der Waals surface area contributed by atoms with Gasteiger partial charge in [-0.2, -0.15) is 11.8 Å². The van der Waals surface area contributed by atoms with Crippen molar-refractivity contribution in [1.29, 1.82) is 0 Å². The Bertz CT molecular complexity index is 936. The predicted molar refractivity (Wildman–Crippen MR) is 110 cm³/mol. The minimum absolute atomic E-state index is 0.0227. The normalized spacial score (nSPS) is 11.2. The van der Waals surface area contributed by atoms with E-state index in [9.17, 15) is 4.39 Å². The average Bonchev–Trinajstić information content (AvgIpc) is 2.60. The summed E-state index contributed by atoms with van der Waals surface area (Å²) in [5, 5.41) is 4.04. The van der Waals surface area contributed by atoms with Crippen LogP contribution in [0.4, 0.5) is 16.0 Å². The van der Waals surface area contributed by atoms with Gasteiger partial charge in [-0.15, -0.1) is 0 Å². The van der Waals surface area contributed by atoms with Crippen molar-refractivity contribution in [3.63, 3.8) is 0 Å². The highest BCUT2D eigenvalue weighted by atomic mass is 79.9. The van der Waals surface area contributed by atoms with Gasteiger partial charge in [0.25, 0.3) is 0 Å². The summed E-state index contributed by atoms with van der Waals surface area (Å²) in [4.78, 5) is 8.96. The number of nitrogens with zero attached hydrogens (tertiary/aromatic N) is 2. The Kier molecular flexibility index (Phi) is 5.98. The molecule has 3 aromatic rings. The van der Waals surface area contributed by atoms with Crippen molar-refractivity contribution in [3.05, 3.63) is 52.4 Å². The number of hydrogen-bond donors (Lipinski definition) is 1. The third-order valence-corrected chi connectivity index (χ3v) is 4.84. The van der Waals surface area contributed by atoms with Crippen LogP contribution in [-0.4, -0.2) is 22.3 Å². The van der Waals surface area contributed by atoms with Crippen LogP contribution >= 0.6 is 27.7 Å². The van der Waals surface area contributed by atoms with Crippen molar-refractivity contribution in [3.8, 4) is 5.75 Å². The van der Waals surface area contributed by atoms with E-state index >= 15 is 0 Å². The van der Waals surface area contributed by atoms with E-state index in [4.69, 9.17) is 4.74 Å². The third kappa shape index (κ3) is 4.27. The molecule has 0 bridgehead atoms. The lowest BCUT2D eigenvalue weighted by atomic mass is 10.2. The van der Waals surface area contributed by atoms with Crippen molar-refractivity contribution in [1.82, 2.24) is 9.97 Å². The Morgan fingerprint density at radius 3 is 2.81 bits per heavy atom. The van der Waals surface area contributed by atoms with Gasteiger partial charge in [0.1, 0.15) is 11.3 Å². The van der Waals surface area contributed by atoms with Gasteiger partial charge in [0.05, 0.1) is 10.6 Å². The maximum absolute atomic E-state index is 13.8. The molecule has 3 rings (SSSR count). The number of aromatic nitrogens is 2. The molecule has 0 aliphatic rings. The maximum Gasteiger partial charge on any atom is 0.227 e. The number of benzene rings is 2. The number of thioether (sulfide) groups is 1. The SMILES string of the molecule is CSCc1cc(Nc2ncc3ccc(Br)c(OC(C)C)c3n2)ccc1F. The number of ether oxygens (including phenoxy) is 1. The van der Waals surface area contributed by atoms with Crippen LogP contribution < -0.4 is 10.1 Å². The molecule has 136 valence electrons. The molecule has 0 spiro atoms. The molecule has 0 saturated heterocycles. The maximum atomic E-state index is 13.8. The zero-order valence-electron chi connectivity index (χ0n) is 14.7. The van der Waals surface area contributed by atoms with Crippen molar-refractivity contribution in [2.75, 3.05) is 11.6 Å². The number of anilines is 2. The van der Waals surface area contributed by atoms with Gasteiger partial charge in [-0.1, -0.05) is 0 Å². The standard InChI is InChI=1S/C19H19BrFN3OS/c1-11(2)25-18-15(20)6-4-12-9-22-19(24-17(12)18)23-14-5-7-16(21)13(8-14)10-26-3/h4-9,11H,10H2,1-3H3,(H,22,23,24). The van der Waals surface area contributed by atoms with Crippen molar-refractivity contribution in [2.24, 2.45) is 0 Å². The van der Waals surface area contributed by atoms with E-state index in [2.05, 4.69) is 31.2 Å². The molecule has 0 saturated carbocycles. The Balaban J connectivity index is 1.97. The lowest BCUT2D eigenvalue weighted by molar-refractivity contribution is 0.243. The topological polar surface area (TPSA) is 47.0 Å². The molecule has 0 amide bonds. The highest BCUT2D eigenvalue weighted by Gasteiger charge is 2.12. The van der Waals surface area contributed by atoms with E-state index in [1.54, 1.807) is 30.1 Å². The van der Waals surface area contributed by atoms with Crippen molar-refractivity contribution >= 4 is 50.2 Å². The first kappa shape index (κ1) is 18.9. The Morgan fingerprint density at radius 1 is 1.27 bits per heavy atom. The molecule has 1 heterocycles. The molecule has 0 fully saturated rings. The molecular weight excluding hydrogens is 417 g/mol. The zero-order chi connectivity index (χ0) is 18.7. The quantitative estimate of drug-likeness (QED) is 0.520. The molecule has 0 unspecified atom stereocenters. The average molecular weight is 436 g/mol. The van der Waals surface area contributed by atoms with Gasteiger partial charge in [0.15, 0.2) is 5.75 Å². The minimum Gasteiger partial charge on any atom is -0.488 e. The predicted octanol–water partition coefficient (Wildman–Crippen LogP) is 5.93. The van der Waals surface area contributed by atoms with E-state index in [0.29, 0.717) is 23.0 Å². The van der Waals surface area contributed by atoms with Gasteiger partial charge in [-0.05, 0) is 71.9 Å². The molecule has 26 heavy (non-hydrogen) atoms. The van der Waals surface area contributed by atoms with Crippen LogP contribution in [0.1, 0.15) is 19.4 Å². The van der Waals surface area contributed by atoms with E-state index in [-0.39, 0.29) is 11.9 Å². The van der Waals surface area contributed by atoms with Crippen molar-refractivity contribution < 1.29 is 9.13 Å². The summed E-state index contributed by atoms with van der Waals surface area (Å²) < 4.78 is 20.6. The van der Waals surface area contributed by atoms with Gasteiger partial charge in [0.2, 0.25) is 5.95 Å². The lowest BCUT2D eigenvalue weighted by Crippen LogP contribution is -2.07. The Morgan fingerprint density at radius 2 is 2.08 bits per heavy atom. The smallest absolute Gasteiger partial charge is 0.227 e. The minimum atomic E-state index is -0.208. The summed E-state index contributed by atoms with van der Waals surface area (Å²) in [7, 11) is 0. The second kappa shape index (κ2) is 8.22. The molecule has 7 heteroatoms. The first-order valence-electron chi connectivity index (χ1n) is 8.14. The van der Waals surface area contributed by atoms with Crippen LogP contribution in [0, 0.1) is 5.82 Å². The zero-order valence-corrected chi connectivity index (χ0v) is 17.1. The van der Waals surface area contributed by atoms with Crippen LogP contribution in [0.15, 0.2) is 41.0 Å². The number of nitrogens with one attached hydrogen (secondary N) is 1. The summed E-state index contributed by atoms with van der Waals surface area (Å²) in [6.45, 7) is 3.94. The summed E-state index contributed by atoms with van der Waals surface area (Å²) in [6.07, 6.45) is 3.71.